The van der Waals surface area contributed by atoms with Gasteiger partial charge in [-0.2, -0.15) is 0 Å². The highest BCUT2D eigenvalue weighted by molar-refractivity contribution is 5.66. The predicted octanol–water partition coefficient (Wildman–Crippen LogP) is 4.44. The van der Waals surface area contributed by atoms with Gasteiger partial charge in [0.25, 0.3) is 0 Å². The first-order valence-corrected chi connectivity index (χ1v) is 7.14. The molecule has 0 aliphatic carbocycles. The summed E-state index contributed by atoms with van der Waals surface area (Å²) in [4.78, 5) is 2.24. The van der Waals surface area contributed by atoms with Crippen LogP contribution in [0.3, 0.4) is 0 Å². The molecule has 0 bridgehead atoms. The van der Waals surface area contributed by atoms with Crippen molar-refractivity contribution >= 4 is 5.69 Å². The topological polar surface area (TPSA) is 23.5 Å². The van der Waals surface area contributed by atoms with E-state index in [0.29, 0.717) is 5.75 Å². The number of rotatable bonds is 0. The Morgan fingerprint density at radius 1 is 1.06 bits per heavy atom. The molecular formula is C16H29NO. The molecule has 0 unspecified atom stereocenters. The second-order valence-corrected chi connectivity index (χ2v) is 4.21. The minimum absolute atomic E-state index is 0.497. The zero-order valence-electron chi connectivity index (χ0n) is 13.1. The van der Waals surface area contributed by atoms with Crippen LogP contribution in [-0.4, -0.2) is 18.7 Å². The van der Waals surface area contributed by atoms with Gasteiger partial charge in [0.15, 0.2) is 0 Å². The first kappa shape index (κ1) is 16.8. The molecule has 18 heavy (non-hydrogen) atoms. The quantitative estimate of drug-likeness (QED) is 0.736. The van der Waals surface area contributed by atoms with Crippen molar-refractivity contribution in [1.82, 2.24) is 0 Å². The van der Waals surface area contributed by atoms with Crippen LogP contribution in [0.25, 0.3) is 0 Å². The summed E-state index contributed by atoms with van der Waals surface area (Å²) < 4.78 is 0. The third-order valence-corrected chi connectivity index (χ3v) is 3.05. The Morgan fingerprint density at radius 2 is 1.61 bits per heavy atom. The third-order valence-electron chi connectivity index (χ3n) is 3.05. The average Bonchev–Trinajstić information content (AvgIpc) is 2.40. The maximum Gasteiger partial charge on any atom is 0.123 e. The molecule has 0 saturated carbocycles. The lowest BCUT2D eigenvalue weighted by Crippen LogP contribution is -2.25. The summed E-state index contributed by atoms with van der Waals surface area (Å²) >= 11 is 0. The minimum atomic E-state index is 0.497. The second-order valence-electron chi connectivity index (χ2n) is 4.21. The van der Waals surface area contributed by atoms with Gasteiger partial charge in [-0.15, -0.1) is 0 Å². The van der Waals surface area contributed by atoms with E-state index in [4.69, 9.17) is 0 Å². The van der Waals surface area contributed by atoms with Crippen LogP contribution in [0, 0.1) is 13.8 Å². The van der Waals surface area contributed by atoms with Gasteiger partial charge in [-0.05, 0) is 37.8 Å². The van der Waals surface area contributed by atoms with E-state index in [1.807, 2.05) is 34.6 Å². The maximum atomic E-state index is 9.96. The Balaban J connectivity index is 0.000000659. The summed E-state index contributed by atoms with van der Waals surface area (Å²) in [5.41, 5.74) is 4.64. The van der Waals surface area contributed by atoms with Crippen LogP contribution >= 0.6 is 0 Å². The maximum absolute atomic E-state index is 9.96. The zero-order valence-corrected chi connectivity index (χ0v) is 13.1. The van der Waals surface area contributed by atoms with Crippen LogP contribution in [0.4, 0.5) is 5.69 Å². The van der Waals surface area contributed by atoms with E-state index in [0.717, 1.165) is 30.5 Å². The number of phenols is 1. The van der Waals surface area contributed by atoms with E-state index in [-0.39, 0.29) is 0 Å². The molecule has 0 spiro atoms. The van der Waals surface area contributed by atoms with E-state index in [9.17, 15) is 5.11 Å². The number of nitrogens with zero attached hydrogens (tertiary/aromatic N) is 1. The fourth-order valence-electron chi connectivity index (χ4n) is 2.42. The molecule has 1 heterocycles. The second kappa shape index (κ2) is 8.02. The van der Waals surface area contributed by atoms with E-state index >= 15 is 0 Å². The van der Waals surface area contributed by atoms with Crippen LogP contribution in [0.2, 0.25) is 0 Å². The lowest BCUT2D eigenvalue weighted by Gasteiger charge is -2.30. The first-order chi connectivity index (χ1) is 8.61. The molecule has 0 saturated heterocycles. The van der Waals surface area contributed by atoms with E-state index in [2.05, 4.69) is 24.9 Å². The Kier molecular flexibility index (Phi) is 7.49. The SMILES string of the molecule is CC.CC.Cc1cc(C)c2c(c1O)CCCN2C. The summed E-state index contributed by atoms with van der Waals surface area (Å²) in [6, 6.07) is 2.07. The highest BCUT2D eigenvalue weighted by Crippen LogP contribution is 2.37. The Bertz CT molecular complexity index is 372. The fourth-order valence-corrected chi connectivity index (χ4v) is 2.42. The molecule has 0 fully saturated rings. The average molecular weight is 251 g/mol. The van der Waals surface area contributed by atoms with Gasteiger partial charge in [0.2, 0.25) is 0 Å². The van der Waals surface area contributed by atoms with Crippen molar-refractivity contribution in [3.63, 3.8) is 0 Å². The molecule has 0 radical (unpaired) electrons. The van der Waals surface area contributed by atoms with Crippen LogP contribution in [0.15, 0.2) is 6.07 Å². The van der Waals surface area contributed by atoms with Crippen LogP contribution in [-0.2, 0) is 6.42 Å². The molecule has 2 heteroatoms. The van der Waals surface area contributed by atoms with Gasteiger partial charge in [-0.25, -0.2) is 0 Å². The molecule has 0 aromatic heterocycles. The molecular weight excluding hydrogens is 222 g/mol. The minimum Gasteiger partial charge on any atom is -0.507 e. The van der Waals surface area contributed by atoms with Crippen molar-refractivity contribution < 1.29 is 5.11 Å². The number of aryl methyl sites for hydroxylation is 2. The zero-order chi connectivity index (χ0) is 14.3. The van der Waals surface area contributed by atoms with Crippen molar-refractivity contribution in [2.45, 2.75) is 54.4 Å². The van der Waals surface area contributed by atoms with Crippen LogP contribution in [0.5, 0.6) is 5.75 Å². The number of aromatic hydroxyl groups is 1. The lowest BCUT2D eigenvalue weighted by molar-refractivity contribution is 0.461. The van der Waals surface area contributed by atoms with Gasteiger partial charge in [-0.3, -0.25) is 0 Å². The highest BCUT2D eigenvalue weighted by atomic mass is 16.3. The monoisotopic (exact) mass is 251 g/mol. The molecule has 0 atom stereocenters. The van der Waals surface area contributed by atoms with E-state index in [1.165, 1.54) is 11.3 Å². The van der Waals surface area contributed by atoms with Gasteiger partial charge >= 0.3 is 0 Å². The first-order valence-electron chi connectivity index (χ1n) is 7.14. The van der Waals surface area contributed by atoms with Crippen molar-refractivity contribution in [3.8, 4) is 5.75 Å². The van der Waals surface area contributed by atoms with Gasteiger partial charge < -0.3 is 10.0 Å². The number of hydrogen-bond acceptors (Lipinski definition) is 2. The van der Waals surface area contributed by atoms with E-state index < -0.39 is 0 Å². The molecule has 1 aliphatic heterocycles. The van der Waals surface area contributed by atoms with Gasteiger partial charge in [0, 0.05) is 24.8 Å². The summed E-state index contributed by atoms with van der Waals surface area (Å²) in [6.45, 7) is 13.2. The Labute approximate surface area is 113 Å². The van der Waals surface area contributed by atoms with Crippen LogP contribution < -0.4 is 4.90 Å². The number of anilines is 1. The van der Waals surface area contributed by atoms with Crippen LogP contribution in [0.1, 0.15) is 50.8 Å². The van der Waals surface area contributed by atoms with Gasteiger partial charge in [0.05, 0.1) is 0 Å². The number of hydrogen-bond donors (Lipinski definition) is 1. The largest absolute Gasteiger partial charge is 0.507 e. The standard InChI is InChI=1S/C12H17NO.2C2H6/c1-8-7-9(2)12(14)10-5-4-6-13(3)11(8)10;2*1-2/h7,14H,4-6H2,1-3H3;2*1-2H3. The molecule has 0 amide bonds. The smallest absolute Gasteiger partial charge is 0.123 e. The lowest BCUT2D eigenvalue weighted by atomic mass is 9.95. The summed E-state index contributed by atoms with van der Waals surface area (Å²) in [5.74, 6) is 0.497. The molecule has 2 rings (SSSR count). The molecule has 1 aliphatic rings. The van der Waals surface area contributed by atoms with Crippen molar-refractivity contribution in [1.29, 1.82) is 0 Å². The Hall–Kier alpha value is -1.18. The number of fused-ring (bicyclic) bond motifs is 1. The van der Waals surface area contributed by atoms with Gasteiger partial charge in [-0.1, -0.05) is 33.8 Å². The Morgan fingerprint density at radius 3 is 2.17 bits per heavy atom. The molecule has 104 valence electrons. The van der Waals surface area contributed by atoms with E-state index in [1.54, 1.807) is 0 Å². The highest BCUT2D eigenvalue weighted by Gasteiger charge is 2.20. The van der Waals surface area contributed by atoms with Crippen molar-refractivity contribution in [2.24, 2.45) is 0 Å². The summed E-state index contributed by atoms with van der Waals surface area (Å²) in [5, 5.41) is 9.96. The predicted molar refractivity (Wildman–Crippen MR) is 81.9 cm³/mol. The summed E-state index contributed by atoms with van der Waals surface area (Å²) in [7, 11) is 2.10. The number of benzene rings is 1. The van der Waals surface area contributed by atoms with Crippen molar-refractivity contribution in [3.05, 3.63) is 22.8 Å². The molecule has 1 N–H and O–H groups in total. The molecule has 1 aromatic carbocycles. The number of phenolic OH excluding ortho intramolecular Hbond substituents is 1. The fraction of sp³-hybridized carbons (Fsp3) is 0.625. The van der Waals surface area contributed by atoms with Gasteiger partial charge in [0.1, 0.15) is 5.75 Å². The third kappa shape index (κ3) is 3.41. The molecule has 2 nitrogen and oxygen atoms in total. The normalized spacial score (nSPS) is 12.7. The van der Waals surface area contributed by atoms with Crippen molar-refractivity contribution in [2.75, 3.05) is 18.5 Å². The molecule has 1 aromatic rings. The summed E-state index contributed by atoms with van der Waals surface area (Å²) in [6.07, 6.45) is 2.15.